The molecule has 8 heteroatoms. The second kappa shape index (κ2) is 7.16. The maximum atomic E-state index is 12.0. The Morgan fingerprint density at radius 3 is 2.48 bits per heavy atom. The van der Waals surface area contributed by atoms with Crippen LogP contribution in [0, 0.1) is 18.3 Å². The van der Waals surface area contributed by atoms with Gasteiger partial charge in [0.05, 0.1) is 10.2 Å². The van der Waals surface area contributed by atoms with Crippen molar-refractivity contribution in [3.63, 3.8) is 0 Å². The lowest BCUT2D eigenvalue weighted by molar-refractivity contribution is 0.00397. The number of hydrogen-bond acceptors (Lipinski definition) is 6. The summed E-state index contributed by atoms with van der Waals surface area (Å²) in [6, 6.07) is 2.08. The van der Waals surface area contributed by atoms with Gasteiger partial charge >= 0.3 is 6.09 Å². The van der Waals surface area contributed by atoms with Gasteiger partial charge in [-0.15, -0.1) is 0 Å². The largest absolute Gasteiger partial charge is 0.443 e. The molecule has 136 valence electrons. The number of piperidine rings is 1. The van der Waals surface area contributed by atoms with Crippen LogP contribution in [0.3, 0.4) is 0 Å². The highest BCUT2D eigenvalue weighted by Crippen LogP contribution is 2.29. The van der Waals surface area contributed by atoms with E-state index in [4.69, 9.17) is 4.74 Å². The van der Waals surface area contributed by atoms with E-state index >= 15 is 0 Å². The van der Waals surface area contributed by atoms with Crippen molar-refractivity contribution in [1.29, 1.82) is 5.26 Å². The molecule has 1 amide bonds. The van der Waals surface area contributed by atoms with Gasteiger partial charge in [0, 0.05) is 31.5 Å². The summed E-state index contributed by atoms with van der Waals surface area (Å²) in [6.07, 6.45) is 0.946. The predicted molar refractivity (Wildman–Crippen MR) is 98.4 cm³/mol. The summed E-state index contributed by atoms with van der Waals surface area (Å²) in [5.41, 5.74) is 0.214. The van der Waals surface area contributed by atoms with Crippen molar-refractivity contribution in [2.75, 3.05) is 18.0 Å². The Morgan fingerprint density at radius 2 is 1.96 bits per heavy atom. The summed E-state index contributed by atoms with van der Waals surface area (Å²) < 4.78 is 6.28. The van der Waals surface area contributed by atoms with Crippen molar-refractivity contribution in [1.82, 2.24) is 15.3 Å². The monoisotopic (exact) mass is 409 g/mol. The van der Waals surface area contributed by atoms with Crippen LogP contribution in [0.25, 0.3) is 0 Å². The number of aromatic nitrogens is 2. The number of anilines is 1. The van der Waals surface area contributed by atoms with Gasteiger partial charge in [-0.1, -0.05) is 0 Å². The minimum atomic E-state index is -0.520. The average molecular weight is 410 g/mol. The van der Waals surface area contributed by atoms with E-state index in [1.165, 1.54) is 0 Å². The van der Waals surface area contributed by atoms with Crippen molar-refractivity contribution in [2.45, 2.75) is 58.6 Å². The van der Waals surface area contributed by atoms with Crippen LogP contribution in [0.4, 0.5) is 10.7 Å². The topological polar surface area (TPSA) is 91.1 Å². The molecule has 25 heavy (non-hydrogen) atoms. The van der Waals surface area contributed by atoms with Crippen LogP contribution < -0.4 is 10.2 Å². The Balaban J connectivity index is 2.03. The highest BCUT2D eigenvalue weighted by atomic mass is 79.9. The molecule has 1 aromatic rings. The second-order valence-electron chi connectivity index (χ2n) is 7.58. The number of aryl methyl sites for hydroxylation is 1. The first-order chi connectivity index (χ1) is 11.5. The van der Waals surface area contributed by atoms with E-state index in [9.17, 15) is 10.1 Å². The second-order valence-corrected chi connectivity index (χ2v) is 8.38. The first-order valence-corrected chi connectivity index (χ1v) is 9.03. The molecule has 1 fully saturated rings. The van der Waals surface area contributed by atoms with Crippen LogP contribution in [0.5, 0.6) is 0 Å². The Labute approximate surface area is 156 Å². The number of nitriles is 1. The Hall–Kier alpha value is -1.88. The molecule has 0 saturated carbocycles. The lowest BCUT2D eigenvalue weighted by atomic mass is 9.93. The molecule has 1 aliphatic heterocycles. The van der Waals surface area contributed by atoms with Crippen LogP contribution in [-0.4, -0.2) is 40.3 Å². The maximum Gasteiger partial charge on any atom is 0.408 e. The SMILES string of the molecule is Cc1nc(N2CCC(C)(OC(=O)NC(C)(C)C)CC2)nc(C#N)c1Br. The number of carbonyl (C=O) groups excluding carboxylic acids is 1. The van der Waals surface area contributed by atoms with Crippen LogP contribution in [0.15, 0.2) is 4.47 Å². The molecule has 0 aliphatic carbocycles. The molecular formula is C17H24BrN5O2. The summed E-state index contributed by atoms with van der Waals surface area (Å²) in [4.78, 5) is 22.8. The van der Waals surface area contributed by atoms with Gasteiger partial charge in [-0.25, -0.2) is 14.8 Å². The molecule has 0 spiro atoms. The van der Waals surface area contributed by atoms with Crippen molar-refractivity contribution in [2.24, 2.45) is 0 Å². The van der Waals surface area contributed by atoms with E-state index < -0.39 is 11.7 Å². The molecule has 0 atom stereocenters. The summed E-state index contributed by atoms with van der Waals surface area (Å²) >= 11 is 3.34. The van der Waals surface area contributed by atoms with E-state index in [1.54, 1.807) is 0 Å². The fourth-order valence-corrected chi connectivity index (χ4v) is 2.86. The van der Waals surface area contributed by atoms with Gasteiger partial charge in [-0.2, -0.15) is 5.26 Å². The molecule has 1 N–H and O–H groups in total. The van der Waals surface area contributed by atoms with Crippen molar-refractivity contribution < 1.29 is 9.53 Å². The molecular weight excluding hydrogens is 386 g/mol. The molecule has 0 bridgehead atoms. The number of alkyl carbamates (subject to hydrolysis) is 1. The molecule has 1 aromatic heterocycles. The summed E-state index contributed by atoms with van der Waals surface area (Å²) in [5.74, 6) is 0.540. The van der Waals surface area contributed by atoms with Crippen LogP contribution in [0.1, 0.15) is 51.9 Å². The number of nitrogens with one attached hydrogen (secondary N) is 1. The minimum Gasteiger partial charge on any atom is -0.443 e. The van der Waals surface area contributed by atoms with Gasteiger partial charge in [0.1, 0.15) is 11.7 Å². The lowest BCUT2D eigenvalue weighted by Gasteiger charge is -2.39. The van der Waals surface area contributed by atoms with Gasteiger partial charge in [0.25, 0.3) is 0 Å². The van der Waals surface area contributed by atoms with E-state index in [0.29, 0.717) is 42.0 Å². The maximum absolute atomic E-state index is 12.0. The normalized spacial score (nSPS) is 16.9. The van der Waals surface area contributed by atoms with E-state index in [-0.39, 0.29) is 5.54 Å². The molecule has 2 heterocycles. The average Bonchev–Trinajstić information content (AvgIpc) is 2.48. The third-order valence-corrected chi connectivity index (χ3v) is 4.98. The number of hydrogen-bond donors (Lipinski definition) is 1. The Bertz CT molecular complexity index is 700. The van der Waals surface area contributed by atoms with Crippen LogP contribution in [-0.2, 0) is 4.74 Å². The predicted octanol–water partition coefficient (Wildman–Crippen LogP) is 3.30. The zero-order valence-electron chi connectivity index (χ0n) is 15.3. The van der Waals surface area contributed by atoms with Crippen LogP contribution >= 0.6 is 15.9 Å². The zero-order chi connectivity index (χ0) is 18.8. The summed E-state index contributed by atoms with van der Waals surface area (Å²) in [6.45, 7) is 10.8. The van der Waals surface area contributed by atoms with E-state index in [1.807, 2.05) is 39.5 Å². The van der Waals surface area contributed by atoms with Crippen LogP contribution in [0.2, 0.25) is 0 Å². The van der Waals surface area contributed by atoms with E-state index in [0.717, 1.165) is 5.69 Å². The van der Waals surface area contributed by atoms with Gasteiger partial charge in [-0.3, -0.25) is 0 Å². The smallest absolute Gasteiger partial charge is 0.408 e. The first kappa shape index (κ1) is 19.4. The molecule has 0 unspecified atom stereocenters. The molecule has 1 aliphatic rings. The molecule has 2 rings (SSSR count). The number of amides is 1. The zero-order valence-corrected chi connectivity index (χ0v) is 16.9. The first-order valence-electron chi connectivity index (χ1n) is 8.23. The lowest BCUT2D eigenvalue weighted by Crippen LogP contribution is -2.49. The standard InChI is InChI=1S/C17H24BrN5O2/c1-11-13(18)12(10-19)21-14(20-11)23-8-6-17(5,7-9-23)25-15(24)22-16(2,3)4/h6-9H2,1-5H3,(H,22,24). The van der Waals surface area contributed by atoms with Gasteiger partial charge in [-0.05, 0) is 50.5 Å². The molecule has 7 nitrogen and oxygen atoms in total. The fraction of sp³-hybridized carbons (Fsp3) is 0.647. The number of nitrogens with zero attached hydrogens (tertiary/aromatic N) is 4. The number of ether oxygens (including phenoxy) is 1. The fourth-order valence-electron chi connectivity index (χ4n) is 2.60. The highest BCUT2D eigenvalue weighted by Gasteiger charge is 2.35. The number of rotatable bonds is 2. The minimum absolute atomic E-state index is 0.329. The van der Waals surface area contributed by atoms with Gasteiger partial charge < -0.3 is 15.0 Å². The highest BCUT2D eigenvalue weighted by molar-refractivity contribution is 9.10. The number of halogens is 1. The number of carbonyl (C=O) groups is 1. The van der Waals surface area contributed by atoms with Crippen molar-refractivity contribution >= 4 is 28.0 Å². The summed E-state index contributed by atoms with van der Waals surface area (Å²) in [5, 5.41) is 12.0. The Morgan fingerprint density at radius 1 is 1.36 bits per heavy atom. The third kappa shape index (κ3) is 5.05. The van der Waals surface area contributed by atoms with Crippen molar-refractivity contribution in [3.05, 3.63) is 15.9 Å². The van der Waals surface area contributed by atoms with Crippen molar-refractivity contribution in [3.8, 4) is 6.07 Å². The third-order valence-electron chi connectivity index (χ3n) is 4.03. The van der Waals surface area contributed by atoms with E-state index in [2.05, 4.69) is 37.3 Å². The Kier molecular flexibility index (Phi) is 5.57. The molecule has 1 saturated heterocycles. The molecule has 0 aromatic carbocycles. The molecule has 0 radical (unpaired) electrons. The quantitative estimate of drug-likeness (QED) is 0.805. The summed E-state index contributed by atoms with van der Waals surface area (Å²) in [7, 11) is 0. The van der Waals surface area contributed by atoms with Gasteiger partial charge in [0.15, 0.2) is 5.69 Å². The van der Waals surface area contributed by atoms with Gasteiger partial charge in [0.2, 0.25) is 5.95 Å².